The summed E-state index contributed by atoms with van der Waals surface area (Å²) >= 11 is 4.69. The predicted octanol–water partition coefficient (Wildman–Crippen LogP) is 2.57. The molecule has 0 fully saturated rings. The van der Waals surface area contributed by atoms with E-state index in [-0.39, 0.29) is 5.24 Å². The zero-order valence-corrected chi connectivity index (χ0v) is 11.9. The summed E-state index contributed by atoms with van der Waals surface area (Å²) in [5.41, 5.74) is 0. The Morgan fingerprint density at radius 3 is 2.45 bits per heavy atom. The van der Waals surface area contributed by atoms with Crippen LogP contribution in [0.4, 0.5) is 8.78 Å². The van der Waals surface area contributed by atoms with E-state index in [9.17, 15) is 13.3 Å². The molecule has 0 saturated heterocycles. The highest BCUT2D eigenvalue weighted by Crippen LogP contribution is 2.41. The Labute approximate surface area is 119 Å². The maximum absolute atomic E-state index is 13.1. The van der Waals surface area contributed by atoms with Gasteiger partial charge in [0.2, 0.25) is 0 Å². The zero-order chi connectivity index (χ0) is 15.2. The molecule has 0 aromatic heterocycles. The molecule has 2 N–H and O–H groups in total. The maximum atomic E-state index is 13.1. The summed E-state index contributed by atoms with van der Waals surface area (Å²) in [6.45, 7) is -0.501. The number of thiocarbonyl (C=S) groups is 1. The first-order valence-corrected chi connectivity index (χ1v) is 7.71. The Morgan fingerprint density at radius 1 is 1.30 bits per heavy atom. The maximum Gasteiger partial charge on any atom is 0.357 e. The van der Waals surface area contributed by atoms with E-state index in [1.54, 1.807) is 30.3 Å². The number of alkyl halides is 2. The summed E-state index contributed by atoms with van der Waals surface area (Å²) in [5.74, 6) is -3.12. The highest BCUT2D eigenvalue weighted by atomic mass is 32.1. The Balaban J connectivity index is 2.33. The number of ether oxygens (including phenoxy) is 2. The van der Waals surface area contributed by atoms with E-state index in [4.69, 9.17) is 31.5 Å². The molecule has 0 amide bonds. The first-order valence-electron chi connectivity index (χ1n) is 5.50. The molecule has 0 heterocycles. The van der Waals surface area contributed by atoms with Crippen LogP contribution in [0.2, 0.25) is 0 Å². The van der Waals surface area contributed by atoms with Crippen molar-refractivity contribution in [2.45, 2.75) is 12.3 Å². The Kier molecular flexibility index (Phi) is 6.01. The van der Waals surface area contributed by atoms with E-state index >= 15 is 0 Å². The van der Waals surface area contributed by atoms with Crippen LogP contribution in [-0.2, 0) is 9.30 Å². The summed E-state index contributed by atoms with van der Waals surface area (Å²) in [4.78, 5) is 17.0. The number of para-hydroxylation sites is 1. The summed E-state index contributed by atoms with van der Waals surface area (Å²) in [7, 11) is -4.78. The van der Waals surface area contributed by atoms with Crippen molar-refractivity contribution in [3.05, 3.63) is 30.3 Å². The molecule has 112 valence electrons. The molecule has 0 radical (unpaired) electrons. The van der Waals surface area contributed by atoms with E-state index in [1.807, 2.05) is 0 Å². The molecule has 1 aromatic rings. The van der Waals surface area contributed by atoms with E-state index < -0.39 is 32.7 Å². The van der Waals surface area contributed by atoms with Gasteiger partial charge in [-0.1, -0.05) is 18.2 Å². The van der Waals surface area contributed by atoms with E-state index in [2.05, 4.69) is 0 Å². The lowest BCUT2D eigenvalue weighted by molar-refractivity contribution is -0.00247. The van der Waals surface area contributed by atoms with Gasteiger partial charge in [0, 0.05) is 18.6 Å². The SMILES string of the molecule is O=P(O)(O)CC(F)(F)CCOC(=S)Oc1ccccc1. The van der Waals surface area contributed by atoms with Crippen molar-refractivity contribution in [2.75, 3.05) is 12.8 Å². The lowest BCUT2D eigenvalue weighted by Crippen LogP contribution is -2.25. The largest absolute Gasteiger partial charge is 0.456 e. The average molecular weight is 326 g/mol. The quantitative estimate of drug-likeness (QED) is 0.618. The number of hydrogen-bond donors (Lipinski definition) is 2. The third kappa shape index (κ3) is 7.49. The van der Waals surface area contributed by atoms with Crippen molar-refractivity contribution >= 4 is 25.1 Å². The molecular weight excluding hydrogens is 313 g/mol. The molecule has 0 aliphatic carbocycles. The smallest absolute Gasteiger partial charge is 0.357 e. The number of rotatable bonds is 6. The van der Waals surface area contributed by atoms with Crippen LogP contribution in [0.5, 0.6) is 5.75 Å². The number of halogens is 2. The van der Waals surface area contributed by atoms with Crippen molar-refractivity contribution < 1.29 is 32.6 Å². The number of hydrogen-bond acceptors (Lipinski definition) is 4. The van der Waals surface area contributed by atoms with Crippen LogP contribution in [0.1, 0.15) is 6.42 Å². The molecular formula is C11H13F2O5PS. The zero-order valence-electron chi connectivity index (χ0n) is 10.2. The van der Waals surface area contributed by atoms with Crippen LogP contribution in [0.15, 0.2) is 30.3 Å². The van der Waals surface area contributed by atoms with Crippen LogP contribution < -0.4 is 4.74 Å². The molecule has 0 saturated carbocycles. The molecule has 0 spiro atoms. The van der Waals surface area contributed by atoms with Gasteiger partial charge in [-0.15, -0.1) is 0 Å². The first kappa shape index (κ1) is 17.0. The fourth-order valence-electron chi connectivity index (χ4n) is 1.28. The molecule has 1 aromatic carbocycles. The molecule has 0 atom stereocenters. The Morgan fingerprint density at radius 2 is 1.90 bits per heavy atom. The Bertz CT molecular complexity index is 491. The molecule has 5 nitrogen and oxygen atoms in total. The molecule has 20 heavy (non-hydrogen) atoms. The second-order valence-electron chi connectivity index (χ2n) is 3.94. The van der Waals surface area contributed by atoms with Gasteiger partial charge in [-0.25, -0.2) is 8.78 Å². The fraction of sp³-hybridized carbons (Fsp3) is 0.364. The minimum absolute atomic E-state index is 0.330. The highest BCUT2D eigenvalue weighted by Gasteiger charge is 2.37. The van der Waals surface area contributed by atoms with Gasteiger partial charge in [-0.05, 0) is 12.1 Å². The van der Waals surface area contributed by atoms with Gasteiger partial charge < -0.3 is 19.3 Å². The molecule has 0 unspecified atom stereocenters. The first-order chi connectivity index (χ1) is 9.18. The molecule has 9 heteroatoms. The second-order valence-corrected chi connectivity index (χ2v) is 5.92. The monoisotopic (exact) mass is 326 g/mol. The molecule has 0 aliphatic rings. The van der Waals surface area contributed by atoms with Crippen molar-refractivity contribution in [3.8, 4) is 5.75 Å². The van der Waals surface area contributed by atoms with Gasteiger partial charge in [0.1, 0.15) is 11.9 Å². The van der Waals surface area contributed by atoms with Crippen molar-refractivity contribution in [1.29, 1.82) is 0 Å². The second kappa shape index (κ2) is 7.08. The summed E-state index contributed by atoms with van der Waals surface area (Å²) < 4.78 is 46.6. The lowest BCUT2D eigenvalue weighted by Gasteiger charge is -2.17. The normalized spacial score (nSPS) is 12.0. The third-order valence-corrected chi connectivity index (χ3v) is 3.15. The van der Waals surface area contributed by atoms with Gasteiger partial charge in [0.25, 0.3) is 5.92 Å². The average Bonchev–Trinajstić information content (AvgIpc) is 2.26. The van der Waals surface area contributed by atoms with Gasteiger partial charge >= 0.3 is 12.8 Å². The van der Waals surface area contributed by atoms with Crippen molar-refractivity contribution in [3.63, 3.8) is 0 Å². The number of benzene rings is 1. The van der Waals surface area contributed by atoms with Crippen molar-refractivity contribution in [2.24, 2.45) is 0 Å². The van der Waals surface area contributed by atoms with E-state index in [0.717, 1.165) is 0 Å². The van der Waals surface area contributed by atoms with E-state index in [1.165, 1.54) is 0 Å². The molecule has 0 bridgehead atoms. The minimum Gasteiger partial charge on any atom is -0.456 e. The minimum atomic E-state index is -4.78. The molecule has 1 rings (SSSR count). The summed E-state index contributed by atoms with van der Waals surface area (Å²) in [5, 5.41) is -0.330. The van der Waals surface area contributed by atoms with Crippen molar-refractivity contribution in [1.82, 2.24) is 0 Å². The summed E-state index contributed by atoms with van der Waals surface area (Å²) in [6, 6.07) is 8.38. The predicted molar refractivity (Wildman–Crippen MR) is 72.1 cm³/mol. The summed E-state index contributed by atoms with van der Waals surface area (Å²) in [6.07, 6.45) is -2.38. The highest BCUT2D eigenvalue weighted by molar-refractivity contribution is 7.79. The van der Waals surface area contributed by atoms with Crippen LogP contribution in [-0.4, -0.2) is 33.7 Å². The fourth-order valence-corrected chi connectivity index (χ4v) is 2.22. The third-order valence-electron chi connectivity index (χ3n) is 2.07. The van der Waals surface area contributed by atoms with Crippen LogP contribution in [0.3, 0.4) is 0 Å². The lowest BCUT2D eigenvalue weighted by atomic mass is 10.3. The van der Waals surface area contributed by atoms with Crippen LogP contribution >= 0.6 is 19.8 Å². The Hall–Kier alpha value is -1.08. The van der Waals surface area contributed by atoms with Crippen LogP contribution in [0, 0.1) is 0 Å². The standard InChI is InChI=1S/C11H13F2O5PS/c12-11(13,8-19(14,15)16)6-7-17-10(20)18-9-4-2-1-3-5-9/h1-5H,6-8H2,(H2,14,15,16). The van der Waals surface area contributed by atoms with Gasteiger partial charge in [-0.2, -0.15) is 0 Å². The van der Waals surface area contributed by atoms with Crippen LogP contribution in [0.25, 0.3) is 0 Å². The van der Waals surface area contributed by atoms with E-state index in [0.29, 0.717) is 5.75 Å². The van der Waals surface area contributed by atoms with Gasteiger partial charge in [0.05, 0.1) is 6.61 Å². The van der Waals surface area contributed by atoms with Gasteiger partial charge in [-0.3, -0.25) is 4.57 Å². The molecule has 0 aliphatic heterocycles. The van der Waals surface area contributed by atoms with Gasteiger partial charge in [0.15, 0.2) is 0 Å². The topological polar surface area (TPSA) is 76.0 Å².